The highest BCUT2D eigenvalue weighted by Gasteiger charge is 2.20. The monoisotopic (exact) mass is 242 g/mol. The lowest BCUT2D eigenvalue weighted by Gasteiger charge is -2.19. The van der Waals surface area contributed by atoms with Gasteiger partial charge in [-0.15, -0.1) is 0 Å². The fraction of sp³-hybridized carbons (Fsp3) is 0.500. The fourth-order valence-corrected chi connectivity index (χ4v) is 2.72. The molecule has 0 aliphatic carbocycles. The van der Waals surface area contributed by atoms with Gasteiger partial charge in [0.05, 0.1) is 5.75 Å². The predicted octanol–water partition coefficient (Wildman–Crippen LogP) is 2.39. The summed E-state index contributed by atoms with van der Waals surface area (Å²) in [7, 11) is -3.89. The first-order valence-corrected chi connectivity index (χ1v) is 6.98. The number of benzene rings is 1. The molecule has 1 aromatic rings. The Balaban J connectivity index is 2.73. The molecule has 0 aliphatic heterocycles. The second-order valence-electron chi connectivity index (χ2n) is 4.44. The van der Waals surface area contributed by atoms with Crippen LogP contribution in [0.1, 0.15) is 19.4 Å². The third-order valence-corrected chi connectivity index (χ3v) is 3.56. The van der Waals surface area contributed by atoms with E-state index in [4.69, 9.17) is 4.55 Å². The predicted molar refractivity (Wildman–Crippen MR) is 64.9 cm³/mol. The van der Waals surface area contributed by atoms with Crippen LogP contribution in [0.15, 0.2) is 30.3 Å². The van der Waals surface area contributed by atoms with Crippen LogP contribution in [0.3, 0.4) is 0 Å². The quantitative estimate of drug-likeness (QED) is 0.807. The molecule has 1 unspecified atom stereocenters. The van der Waals surface area contributed by atoms with Gasteiger partial charge in [-0.3, -0.25) is 4.55 Å². The van der Waals surface area contributed by atoms with Crippen LogP contribution in [0, 0.1) is 11.8 Å². The van der Waals surface area contributed by atoms with Crippen molar-refractivity contribution in [3.05, 3.63) is 35.9 Å². The standard InChI is InChI=1S/C12H18O3S/c1-10(2)12(9-16(13,14)15)8-11-6-4-3-5-7-11/h3-7,10,12H,8-9H2,1-2H3,(H,13,14,15). The Morgan fingerprint density at radius 3 is 2.19 bits per heavy atom. The molecule has 0 bridgehead atoms. The van der Waals surface area contributed by atoms with Gasteiger partial charge < -0.3 is 0 Å². The van der Waals surface area contributed by atoms with E-state index >= 15 is 0 Å². The summed E-state index contributed by atoms with van der Waals surface area (Å²) in [5.74, 6) is 0.0130. The maximum absolute atomic E-state index is 10.9. The Kier molecular flexibility index (Phi) is 4.50. The molecule has 0 aliphatic rings. The van der Waals surface area contributed by atoms with Gasteiger partial charge >= 0.3 is 0 Å². The molecular weight excluding hydrogens is 224 g/mol. The molecule has 0 saturated carbocycles. The zero-order chi connectivity index (χ0) is 12.2. The molecule has 16 heavy (non-hydrogen) atoms. The molecule has 4 heteroatoms. The molecule has 0 aromatic heterocycles. The molecule has 0 fully saturated rings. The van der Waals surface area contributed by atoms with Gasteiger partial charge in [0.2, 0.25) is 0 Å². The van der Waals surface area contributed by atoms with Crippen LogP contribution in [-0.2, 0) is 16.5 Å². The van der Waals surface area contributed by atoms with Crippen LogP contribution in [0.2, 0.25) is 0 Å². The van der Waals surface area contributed by atoms with E-state index < -0.39 is 10.1 Å². The minimum Gasteiger partial charge on any atom is -0.286 e. The number of rotatable bonds is 5. The van der Waals surface area contributed by atoms with Gasteiger partial charge in [0.1, 0.15) is 0 Å². The minimum atomic E-state index is -3.89. The average molecular weight is 242 g/mol. The molecule has 1 atom stereocenters. The van der Waals surface area contributed by atoms with E-state index in [1.54, 1.807) is 0 Å². The topological polar surface area (TPSA) is 54.4 Å². The summed E-state index contributed by atoms with van der Waals surface area (Å²) in [6.07, 6.45) is 0.679. The number of hydrogen-bond donors (Lipinski definition) is 1. The second-order valence-corrected chi connectivity index (χ2v) is 5.94. The van der Waals surface area contributed by atoms with Crippen molar-refractivity contribution in [1.29, 1.82) is 0 Å². The number of hydrogen-bond acceptors (Lipinski definition) is 2. The highest BCUT2D eigenvalue weighted by atomic mass is 32.2. The highest BCUT2D eigenvalue weighted by molar-refractivity contribution is 7.85. The molecule has 1 rings (SSSR count). The Bertz CT molecular complexity index is 409. The van der Waals surface area contributed by atoms with Gasteiger partial charge in [-0.25, -0.2) is 0 Å². The van der Waals surface area contributed by atoms with Crippen LogP contribution in [-0.4, -0.2) is 18.7 Å². The summed E-state index contributed by atoms with van der Waals surface area (Å²) in [5, 5.41) is 0. The van der Waals surface area contributed by atoms with Gasteiger partial charge in [0, 0.05) is 0 Å². The van der Waals surface area contributed by atoms with Crippen molar-refractivity contribution in [1.82, 2.24) is 0 Å². The third kappa shape index (κ3) is 4.77. The van der Waals surface area contributed by atoms with Crippen LogP contribution in [0.5, 0.6) is 0 Å². The summed E-state index contributed by atoms with van der Waals surface area (Å²) >= 11 is 0. The summed E-state index contributed by atoms with van der Waals surface area (Å²) in [5.41, 5.74) is 1.10. The molecular formula is C12H18O3S. The van der Waals surface area contributed by atoms with Crippen molar-refractivity contribution in [2.24, 2.45) is 11.8 Å². The Labute approximate surface area is 97.2 Å². The van der Waals surface area contributed by atoms with Crippen molar-refractivity contribution in [3.8, 4) is 0 Å². The fourth-order valence-electron chi connectivity index (χ4n) is 1.67. The van der Waals surface area contributed by atoms with Crippen LogP contribution in [0.4, 0.5) is 0 Å². The van der Waals surface area contributed by atoms with E-state index in [9.17, 15) is 8.42 Å². The first-order chi connectivity index (χ1) is 7.38. The van der Waals surface area contributed by atoms with Crippen molar-refractivity contribution < 1.29 is 13.0 Å². The average Bonchev–Trinajstić information content (AvgIpc) is 2.16. The lowest BCUT2D eigenvalue weighted by atomic mass is 9.91. The van der Waals surface area contributed by atoms with Crippen LogP contribution in [0.25, 0.3) is 0 Å². The van der Waals surface area contributed by atoms with E-state index in [1.165, 1.54) is 0 Å². The zero-order valence-electron chi connectivity index (χ0n) is 9.63. The lowest BCUT2D eigenvalue weighted by Crippen LogP contribution is -2.22. The Morgan fingerprint density at radius 2 is 1.75 bits per heavy atom. The van der Waals surface area contributed by atoms with E-state index in [0.29, 0.717) is 6.42 Å². The van der Waals surface area contributed by atoms with E-state index in [0.717, 1.165) is 5.56 Å². The summed E-state index contributed by atoms with van der Waals surface area (Å²) in [6, 6.07) is 9.73. The molecule has 1 aromatic carbocycles. The molecule has 0 spiro atoms. The van der Waals surface area contributed by atoms with Crippen LogP contribution >= 0.6 is 0 Å². The lowest BCUT2D eigenvalue weighted by molar-refractivity contribution is 0.396. The molecule has 0 heterocycles. The van der Waals surface area contributed by atoms with Crippen molar-refractivity contribution in [2.45, 2.75) is 20.3 Å². The summed E-state index contributed by atoms with van der Waals surface area (Å²) in [6.45, 7) is 3.94. The Morgan fingerprint density at radius 1 is 1.19 bits per heavy atom. The molecule has 0 saturated heterocycles. The molecule has 0 radical (unpaired) electrons. The normalized spacial score (nSPS) is 14.0. The second kappa shape index (κ2) is 5.46. The van der Waals surface area contributed by atoms with Gasteiger partial charge in [-0.1, -0.05) is 44.2 Å². The largest absolute Gasteiger partial charge is 0.286 e. The Hall–Kier alpha value is -0.870. The van der Waals surface area contributed by atoms with Gasteiger partial charge in [-0.05, 0) is 23.8 Å². The molecule has 3 nitrogen and oxygen atoms in total. The molecule has 0 amide bonds. The van der Waals surface area contributed by atoms with E-state index in [-0.39, 0.29) is 17.6 Å². The maximum Gasteiger partial charge on any atom is 0.265 e. The van der Waals surface area contributed by atoms with E-state index in [1.807, 2.05) is 44.2 Å². The van der Waals surface area contributed by atoms with E-state index in [2.05, 4.69) is 0 Å². The van der Waals surface area contributed by atoms with Crippen molar-refractivity contribution in [3.63, 3.8) is 0 Å². The summed E-state index contributed by atoms with van der Waals surface area (Å²) < 4.78 is 30.7. The third-order valence-electron chi connectivity index (χ3n) is 2.71. The first-order valence-electron chi connectivity index (χ1n) is 5.37. The van der Waals surface area contributed by atoms with Gasteiger partial charge in [-0.2, -0.15) is 8.42 Å². The molecule has 1 N–H and O–H groups in total. The summed E-state index contributed by atoms with van der Waals surface area (Å²) in [4.78, 5) is 0. The van der Waals surface area contributed by atoms with Crippen LogP contribution < -0.4 is 0 Å². The maximum atomic E-state index is 10.9. The first kappa shape index (κ1) is 13.2. The van der Waals surface area contributed by atoms with Gasteiger partial charge in [0.15, 0.2) is 0 Å². The minimum absolute atomic E-state index is 0.0441. The zero-order valence-corrected chi connectivity index (χ0v) is 10.4. The highest BCUT2D eigenvalue weighted by Crippen LogP contribution is 2.18. The van der Waals surface area contributed by atoms with Crippen molar-refractivity contribution >= 4 is 10.1 Å². The molecule has 90 valence electrons. The van der Waals surface area contributed by atoms with Gasteiger partial charge in [0.25, 0.3) is 10.1 Å². The van der Waals surface area contributed by atoms with Crippen molar-refractivity contribution in [2.75, 3.05) is 5.75 Å². The SMILES string of the molecule is CC(C)C(Cc1ccccc1)CS(=O)(=O)O. The smallest absolute Gasteiger partial charge is 0.265 e.